The molecule has 1 aliphatic heterocycles. The third kappa shape index (κ3) is 3.73. The molecular weight excluding hydrogens is 312 g/mol. The number of para-hydroxylation sites is 1. The van der Waals surface area contributed by atoms with Gasteiger partial charge in [-0.2, -0.15) is 0 Å². The van der Waals surface area contributed by atoms with Crippen LogP contribution in [0.15, 0.2) is 48.5 Å². The van der Waals surface area contributed by atoms with Crippen LogP contribution in [-0.4, -0.2) is 24.9 Å². The molecule has 2 aromatic rings. The first-order valence-electron chi connectivity index (χ1n) is 8.63. The first-order chi connectivity index (χ1) is 11.9. The van der Waals surface area contributed by atoms with Gasteiger partial charge in [-0.05, 0) is 34.7 Å². The van der Waals surface area contributed by atoms with Crippen LogP contribution in [0.2, 0.25) is 0 Å². The van der Waals surface area contributed by atoms with Crippen molar-refractivity contribution in [2.45, 2.75) is 32.6 Å². The molecule has 0 atom stereocenters. The molecule has 1 N–H and O–H groups in total. The second-order valence-electron chi connectivity index (χ2n) is 7.43. The van der Waals surface area contributed by atoms with E-state index in [9.17, 15) is 9.59 Å². The number of nitrogens with zero attached hydrogens (tertiary/aromatic N) is 1. The Morgan fingerprint density at radius 1 is 1.08 bits per heavy atom. The summed E-state index contributed by atoms with van der Waals surface area (Å²) in [4.78, 5) is 26.2. The van der Waals surface area contributed by atoms with Crippen molar-refractivity contribution < 1.29 is 9.59 Å². The molecule has 25 heavy (non-hydrogen) atoms. The van der Waals surface area contributed by atoms with Crippen LogP contribution >= 0.6 is 0 Å². The molecule has 0 aliphatic carbocycles. The Labute approximate surface area is 148 Å². The summed E-state index contributed by atoms with van der Waals surface area (Å²) < 4.78 is 0. The largest absolute Gasteiger partial charge is 0.350 e. The lowest BCUT2D eigenvalue weighted by Crippen LogP contribution is -2.36. The van der Waals surface area contributed by atoms with E-state index in [0.29, 0.717) is 25.1 Å². The minimum Gasteiger partial charge on any atom is -0.350 e. The van der Waals surface area contributed by atoms with Gasteiger partial charge in [0.25, 0.3) is 5.91 Å². The lowest BCUT2D eigenvalue weighted by atomic mass is 9.87. The molecule has 4 nitrogen and oxygen atoms in total. The van der Waals surface area contributed by atoms with Crippen molar-refractivity contribution in [1.29, 1.82) is 0 Å². The van der Waals surface area contributed by atoms with Gasteiger partial charge in [0.05, 0.1) is 6.42 Å². The molecule has 0 saturated carbocycles. The van der Waals surface area contributed by atoms with Gasteiger partial charge in [0.1, 0.15) is 0 Å². The molecule has 0 spiro atoms. The summed E-state index contributed by atoms with van der Waals surface area (Å²) in [6, 6.07) is 15.5. The van der Waals surface area contributed by atoms with Crippen LogP contribution in [-0.2, 0) is 16.6 Å². The summed E-state index contributed by atoms with van der Waals surface area (Å²) in [6.45, 7) is 7.36. The SMILES string of the molecule is CC(C)(C)c1ccc(C(=O)NCCN2C(=O)Cc3ccccc32)cc1. The summed E-state index contributed by atoms with van der Waals surface area (Å²) in [5.41, 5.74) is 3.91. The average Bonchev–Trinajstić information content (AvgIpc) is 2.90. The number of carbonyl (C=O) groups is 2. The number of fused-ring (bicyclic) bond motifs is 1. The predicted molar refractivity (Wildman–Crippen MR) is 100.0 cm³/mol. The van der Waals surface area contributed by atoms with Gasteiger partial charge in [0.2, 0.25) is 5.91 Å². The van der Waals surface area contributed by atoms with E-state index < -0.39 is 0 Å². The second-order valence-corrected chi connectivity index (χ2v) is 7.43. The maximum atomic E-state index is 12.3. The van der Waals surface area contributed by atoms with Crippen molar-refractivity contribution in [1.82, 2.24) is 5.32 Å². The standard InChI is InChI=1S/C21H24N2O2/c1-21(2,3)17-10-8-15(9-11-17)20(25)22-12-13-23-18-7-5-4-6-16(18)14-19(23)24/h4-11H,12-14H2,1-3H3,(H,22,25). The number of rotatable bonds is 4. The summed E-state index contributed by atoms with van der Waals surface area (Å²) in [6.07, 6.45) is 0.443. The number of carbonyl (C=O) groups excluding carboxylic acids is 2. The molecule has 4 heteroatoms. The van der Waals surface area contributed by atoms with Crippen LogP contribution in [0.3, 0.4) is 0 Å². The summed E-state index contributed by atoms with van der Waals surface area (Å²) in [5, 5.41) is 2.90. The highest BCUT2D eigenvalue weighted by molar-refractivity contribution is 6.01. The highest BCUT2D eigenvalue weighted by Gasteiger charge is 2.26. The third-order valence-corrected chi connectivity index (χ3v) is 4.56. The maximum absolute atomic E-state index is 12.3. The highest BCUT2D eigenvalue weighted by Crippen LogP contribution is 2.27. The fourth-order valence-corrected chi connectivity index (χ4v) is 3.07. The van der Waals surface area contributed by atoms with E-state index in [4.69, 9.17) is 0 Å². The van der Waals surface area contributed by atoms with Crippen LogP contribution in [0.25, 0.3) is 0 Å². The van der Waals surface area contributed by atoms with E-state index >= 15 is 0 Å². The molecule has 0 fully saturated rings. The normalized spacial score (nSPS) is 13.7. The zero-order valence-electron chi connectivity index (χ0n) is 15.0. The van der Waals surface area contributed by atoms with E-state index in [-0.39, 0.29) is 17.2 Å². The van der Waals surface area contributed by atoms with Crippen molar-refractivity contribution in [2.24, 2.45) is 0 Å². The highest BCUT2D eigenvalue weighted by atomic mass is 16.2. The fourth-order valence-electron chi connectivity index (χ4n) is 3.07. The number of anilines is 1. The van der Waals surface area contributed by atoms with Crippen LogP contribution in [0, 0.1) is 0 Å². The molecule has 1 aliphatic rings. The lowest BCUT2D eigenvalue weighted by molar-refractivity contribution is -0.117. The fraction of sp³-hybridized carbons (Fsp3) is 0.333. The van der Waals surface area contributed by atoms with Gasteiger partial charge in [-0.15, -0.1) is 0 Å². The van der Waals surface area contributed by atoms with Gasteiger partial charge < -0.3 is 10.2 Å². The quantitative estimate of drug-likeness (QED) is 0.931. The second kappa shape index (κ2) is 6.71. The summed E-state index contributed by atoms with van der Waals surface area (Å²) >= 11 is 0. The molecule has 1 heterocycles. The molecule has 130 valence electrons. The van der Waals surface area contributed by atoms with E-state index in [2.05, 4.69) is 26.1 Å². The van der Waals surface area contributed by atoms with Crippen molar-refractivity contribution in [2.75, 3.05) is 18.0 Å². The molecule has 2 amide bonds. The minimum atomic E-state index is -0.111. The van der Waals surface area contributed by atoms with Crippen LogP contribution in [0.5, 0.6) is 0 Å². The molecule has 0 radical (unpaired) electrons. The topological polar surface area (TPSA) is 49.4 Å². The molecule has 0 unspecified atom stereocenters. The smallest absolute Gasteiger partial charge is 0.251 e. The van der Waals surface area contributed by atoms with Gasteiger partial charge in [-0.3, -0.25) is 9.59 Å². The van der Waals surface area contributed by atoms with Crippen LogP contribution in [0.1, 0.15) is 42.3 Å². The summed E-state index contributed by atoms with van der Waals surface area (Å²) in [5.74, 6) is -0.0228. The zero-order valence-corrected chi connectivity index (χ0v) is 15.0. The van der Waals surface area contributed by atoms with Crippen LogP contribution < -0.4 is 10.2 Å². The minimum absolute atomic E-state index is 0.0680. The number of hydrogen-bond acceptors (Lipinski definition) is 2. The third-order valence-electron chi connectivity index (χ3n) is 4.56. The predicted octanol–water partition coefficient (Wildman–Crippen LogP) is 3.30. The maximum Gasteiger partial charge on any atom is 0.251 e. The lowest BCUT2D eigenvalue weighted by Gasteiger charge is -2.19. The molecule has 0 bridgehead atoms. The van der Waals surface area contributed by atoms with Gasteiger partial charge in [0, 0.05) is 24.3 Å². The first kappa shape index (κ1) is 17.2. The van der Waals surface area contributed by atoms with Crippen molar-refractivity contribution in [3.63, 3.8) is 0 Å². The van der Waals surface area contributed by atoms with Crippen molar-refractivity contribution in [3.05, 3.63) is 65.2 Å². The Morgan fingerprint density at radius 3 is 2.44 bits per heavy atom. The Bertz CT molecular complexity index is 788. The van der Waals surface area contributed by atoms with Crippen molar-refractivity contribution in [3.8, 4) is 0 Å². The Hall–Kier alpha value is -2.62. The van der Waals surface area contributed by atoms with Gasteiger partial charge in [0.15, 0.2) is 0 Å². The van der Waals surface area contributed by atoms with Gasteiger partial charge in [-0.25, -0.2) is 0 Å². The monoisotopic (exact) mass is 336 g/mol. The number of hydrogen-bond donors (Lipinski definition) is 1. The van der Waals surface area contributed by atoms with Crippen LogP contribution in [0.4, 0.5) is 5.69 Å². The number of nitrogens with one attached hydrogen (secondary N) is 1. The molecule has 0 saturated heterocycles. The Morgan fingerprint density at radius 2 is 1.76 bits per heavy atom. The first-order valence-corrected chi connectivity index (χ1v) is 8.63. The molecule has 3 rings (SSSR count). The summed E-state index contributed by atoms with van der Waals surface area (Å²) in [7, 11) is 0. The van der Waals surface area contributed by atoms with E-state index in [1.807, 2.05) is 48.5 Å². The molecule has 2 aromatic carbocycles. The molecular formula is C21H24N2O2. The van der Waals surface area contributed by atoms with Gasteiger partial charge in [-0.1, -0.05) is 51.1 Å². The van der Waals surface area contributed by atoms with Crippen molar-refractivity contribution >= 4 is 17.5 Å². The Balaban J connectivity index is 1.57. The van der Waals surface area contributed by atoms with Gasteiger partial charge >= 0.3 is 0 Å². The van der Waals surface area contributed by atoms with E-state index in [0.717, 1.165) is 11.3 Å². The van der Waals surface area contributed by atoms with E-state index in [1.54, 1.807) is 4.90 Å². The zero-order chi connectivity index (χ0) is 18.0. The van der Waals surface area contributed by atoms with E-state index in [1.165, 1.54) is 5.56 Å². The number of benzene rings is 2. The number of amides is 2. The molecule has 0 aromatic heterocycles. The average molecular weight is 336 g/mol. The Kier molecular flexibility index (Phi) is 4.62.